The number of hydrogen-bond donors (Lipinski definition) is 3. The van der Waals surface area contributed by atoms with E-state index in [-0.39, 0.29) is 17.2 Å². The fraction of sp³-hybridized carbons (Fsp3) is 0. The maximum absolute atomic E-state index is 13.0. The summed E-state index contributed by atoms with van der Waals surface area (Å²) in [7, 11) is 0.599. The largest absolute Gasteiger partial charge is 0.569 e. The molecule has 179 valence electrons. The molecule has 0 aliphatic carbocycles. The summed E-state index contributed by atoms with van der Waals surface area (Å²) in [6.07, 6.45) is 0. The highest BCUT2D eigenvalue weighted by Gasteiger charge is 2.02. The van der Waals surface area contributed by atoms with E-state index in [1.807, 2.05) is 24.3 Å². The van der Waals surface area contributed by atoms with E-state index in [1.165, 1.54) is 18.2 Å². The highest BCUT2D eigenvalue weighted by Crippen LogP contribution is 2.23. The van der Waals surface area contributed by atoms with Gasteiger partial charge >= 0.3 is 7.69 Å². The molecule has 0 unspecified atom stereocenters. The third-order valence-corrected chi connectivity index (χ3v) is 4.97. The number of hydrogen-bond acceptors (Lipinski definition) is 6. The lowest BCUT2D eigenvalue weighted by atomic mass is 10.0. The van der Waals surface area contributed by atoms with Gasteiger partial charge in [-0.3, -0.25) is 0 Å². The van der Waals surface area contributed by atoms with Crippen LogP contribution in [0.15, 0.2) is 89.4 Å². The summed E-state index contributed by atoms with van der Waals surface area (Å²) in [6, 6.07) is 26.5. The van der Waals surface area contributed by atoms with E-state index in [0.717, 1.165) is 15.6 Å². The molecule has 4 aromatic carbocycles. The molecule has 0 heterocycles. The van der Waals surface area contributed by atoms with Crippen LogP contribution in [0.1, 0.15) is 11.1 Å². The second kappa shape index (κ2) is 14.1. The summed E-state index contributed by atoms with van der Waals surface area (Å²) in [4.78, 5) is 0. The van der Waals surface area contributed by atoms with Crippen LogP contribution in [0, 0.1) is 34.3 Å². The fourth-order valence-corrected chi connectivity index (χ4v) is 3.02. The van der Waals surface area contributed by atoms with Gasteiger partial charge in [0.2, 0.25) is 0 Å². The quantitative estimate of drug-likeness (QED) is 0.227. The Morgan fingerprint density at radius 1 is 0.722 bits per heavy atom. The van der Waals surface area contributed by atoms with Crippen molar-refractivity contribution in [2.75, 3.05) is 11.5 Å². The summed E-state index contributed by atoms with van der Waals surface area (Å²) in [5.41, 5.74) is 13.9. The molecular formula is C26H19BBrF2N4O2. The van der Waals surface area contributed by atoms with Crippen molar-refractivity contribution in [2.24, 2.45) is 0 Å². The lowest BCUT2D eigenvalue weighted by Crippen LogP contribution is -1.99. The Morgan fingerprint density at radius 2 is 1.19 bits per heavy atom. The molecule has 36 heavy (non-hydrogen) atoms. The van der Waals surface area contributed by atoms with Crippen molar-refractivity contribution in [1.29, 1.82) is 10.5 Å². The van der Waals surface area contributed by atoms with Crippen LogP contribution in [-0.4, -0.2) is 12.7 Å². The van der Waals surface area contributed by atoms with Crippen LogP contribution in [0.3, 0.4) is 0 Å². The van der Waals surface area contributed by atoms with Gasteiger partial charge in [-0.05, 0) is 77.9 Å². The number of nitrogens with two attached hydrogens (primary N) is 2. The van der Waals surface area contributed by atoms with Gasteiger partial charge in [0.1, 0.15) is 17.4 Å². The topological polar surface area (TPSA) is 129 Å². The van der Waals surface area contributed by atoms with E-state index in [2.05, 4.69) is 20.6 Å². The predicted octanol–water partition coefficient (Wildman–Crippen LogP) is 5.58. The molecule has 0 bridgehead atoms. The van der Waals surface area contributed by atoms with Crippen LogP contribution in [0.5, 0.6) is 5.75 Å². The van der Waals surface area contributed by atoms with Crippen molar-refractivity contribution < 1.29 is 18.5 Å². The third kappa shape index (κ3) is 8.77. The second-order valence-corrected chi connectivity index (χ2v) is 7.87. The SMILES string of the molecule is N#Cc1ccc(-c2ccc(F)c(N)c2)cc1.N#Cc1ccc(O[B]O)cc1.Nc1cc(Br)ccc1F. The normalized spacial score (nSPS) is 9.28. The molecule has 0 saturated heterocycles. The average Bonchev–Trinajstić information content (AvgIpc) is 2.89. The predicted molar refractivity (Wildman–Crippen MR) is 139 cm³/mol. The van der Waals surface area contributed by atoms with Gasteiger partial charge in [0.05, 0.1) is 34.6 Å². The molecule has 6 nitrogen and oxygen atoms in total. The Hall–Kier alpha value is -4.38. The zero-order valence-electron chi connectivity index (χ0n) is 18.7. The third-order valence-electron chi connectivity index (χ3n) is 4.47. The van der Waals surface area contributed by atoms with Gasteiger partial charge in [0.15, 0.2) is 0 Å². The molecule has 0 aliphatic heterocycles. The Bertz CT molecular complexity index is 1370. The first-order chi connectivity index (χ1) is 17.3. The van der Waals surface area contributed by atoms with Crippen LogP contribution >= 0.6 is 15.9 Å². The molecule has 10 heteroatoms. The smallest absolute Gasteiger partial charge is 0.537 e. The Labute approximate surface area is 216 Å². The molecule has 4 rings (SSSR count). The van der Waals surface area contributed by atoms with Gasteiger partial charge in [0.25, 0.3) is 0 Å². The van der Waals surface area contributed by atoms with Gasteiger partial charge in [-0.1, -0.05) is 34.1 Å². The minimum Gasteiger partial charge on any atom is -0.537 e. The molecule has 4 aromatic rings. The van der Waals surface area contributed by atoms with Crippen LogP contribution in [0.4, 0.5) is 20.2 Å². The van der Waals surface area contributed by atoms with E-state index >= 15 is 0 Å². The van der Waals surface area contributed by atoms with E-state index in [9.17, 15) is 8.78 Å². The van der Waals surface area contributed by atoms with E-state index < -0.39 is 5.82 Å². The van der Waals surface area contributed by atoms with Crippen LogP contribution in [-0.2, 0) is 0 Å². The van der Waals surface area contributed by atoms with Crippen molar-refractivity contribution in [3.63, 3.8) is 0 Å². The summed E-state index contributed by atoms with van der Waals surface area (Å²) >= 11 is 3.15. The standard InChI is InChI=1S/C13H9FN2.C7H5BNO2.C6H5BrFN/c14-12-6-5-11(7-13(12)16)10-3-1-9(8-15)2-4-10;9-5-6-1-3-7(4-2-6)11-8-10;7-4-1-2-5(8)6(9)3-4/h1-7H,16H2;1-4,10H;1-3H,9H2. The molecule has 0 spiro atoms. The Morgan fingerprint density at radius 3 is 1.64 bits per heavy atom. The number of benzene rings is 4. The highest BCUT2D eigenvalue weighted by molar-refractivity contribution is 9.10. The highest BCUT2D eigenvalue weighted by atomic mass is 79.9. The van der Waals surface area contributed by atoms with E-state index in [4.69, 9.17) is 27.0 Å². The minimum atomic E-state index is -0.419. The van der Waals surface area contributed by atoms with Crippen molar-refractivity contribution >= 4 is 35.0 Å². The second-order valence-electron chi connectivity index (χ2n) is 6.95. The number of anilines is 2. The van der Waals surface area contributed by atoms with Crippen molar-refractivity contribution in [1.82, 2.24) is 0 Å². The molecule has 0 amide bonds. The first kappa shape index (κ1) is 27.9. The lowest BCUT2D eigenvalue weighted by molar-refractivity contribution is 0.454. The fourth-order valence-electron chi connectivity index (χ4n) is 2.64. The lowest BCUT2D eigenvalue weighted by Gasteiger charge is -2.03. The van der Waals surface area contributed by atoms with Crippen molar-refractivity contribution in [3.05, 3.63) is 112 Å². The molecule has 0 fully saturated rings. The van der Waals surface area contributed by atoms with Crippen LogP contribution in [0.2, 0.25) is 0 Å². The Kier molecular flexibility index (Phi) is 10.9. The summed E-state index contributed by atoms with van der Waals surface area (Å²) < 4.78 is 30.7. The molecule has 0 aromatic heterocycles. The number of nitrogens with zero attached hydrogens (tertiary/aromatic N) is 2. The van der Waals surface area contributed by atoms with Crippen LogP contribution in [0.25, 0.3) is 11.1 Å². The van der Waals surface area contributed by atoms with E-state index in [1.54, 1.807) is 54.6 Å². The summed E-state index contributed by atoms with van der Waals surface area (Å²) in [5, 5.41) is 25.3. The maximum atomic E-state index is 13.0. The number of nitrogen functional groups attached to an aromatic ring is 2. The van der Waals surface area contributed by atoms with Crippen molar-refractivity contribution in [2.45, 2.75) is 0 Å². The number of nitriles is 2. The zero-order chi connectivity index (χ0) is 26.5. The summed E-state index contributed by atoms with van der Waals surface area (Å²) in [6.45, 7) is 0. The molecule has 1 radical (unpaired) electrons. The Balaban J connectivity index is 0.000000200. The number of halogens is 3. The van der Waals surface area contributed by atoms with Gasteiger partial charge < -0.3 is 21.1 Å². The molecule has 0 aliphatic rings. The van der Waals surface area contributed by atoms with Crippen LogP contribution < -0.4 is 16.1 Å². The first-order valence-electron chi connectivity index (χ1n) is 10.2. The van der Waals surface area contributed by atoms with Gasteiger partial charge in [0, 0.05) is 4.47 Å². The average molecular weight is 548 g/mol. The van der Waals surface area contributed by atoms with Crippen molar-refractivity contribution in [3.8, 4) is 29.0 Å². The summed E-state index contributed by atoms with van der Waals surface area (Å²) in [5.74, 6) is -0.290. The monoisotopic (exact) mass is 547 g/mol. The maximum Gasteiger partial charge on any atom is 0.569 e. The van der Waals surface area contributed by atoms with Gasteiger partial charge in [-0.15, -0.1) is 0 Å². The molecular weight excluding hydrogens is 529 g/mol. The zero-order valence-corrected chi connectivity index (χ0v) is 20.3. The molecule has 5 N–H and O–H groups in total. The molecule has 0 saturated carbocycles. The first-order valence-corrected chi connectivity index (χ1v) is 11.0. The van der Waals surface area contributed by atoms with Gasteiger partial charge in [-0.2, -0.15) is 10.5 Å². The number of rotatable bonds is 3. The minimum absolute atomic E-state index is 0.127. The van der Waals surface area contributed by atoms with E-state index in [0.29, 0.717) is 24.6 Å². The van der Waals surface area contributed by atoms with Gasteiger partial charge in [-0.25, -0.2) is 8.78 Å². The molecule has 0 atom stereocenters.